The van der Waals surface area contributed by atoms with Crippen molar-refractivity contribution in [2.45, 2.75) is 39.8 Å². The zero-order chi connectivity index (χ0) is 12.6. The number of nitrogens with zero attached hydrogens (tertiary/aromatic N) is 1. The number of rotatable bonds is 3. The van der Waals surface area contributed by atoms with Crippen molar-refractivity contribution in [3.8, 4) is 0 Å². The minimum Gasteiger partial charge on any atom is -0.478 e. The number of carboxylic acid groups (broad SMARTS) is 1. The maximum Gasteiger partial charge on any atom is 0.337 e. The molecular formula is C12H20N2O2. The first-order valence-corrected chi connectivity index (χ1v) is 5.32. The van der Waals surface area contributed by atoms with E-state index in [1.165, 1.54) is 18.5 Å². The summed E-state index contributed by atoms with van der Waals surface area (Å²) < 4.78 is 0. The van der Waals surface area contributed by atoms with Crippen LogP contribution in [0.25, 0.3) is 0 Å². The minimum atomic E-state index is -0.942. The van der Waals surface area contributed by atoms with Gasteiger partial charge in [-0.3, -0.25) is 4.98 Å². The highest BCUT2D eigenvalue weighted by molar-refractivity contribution is 5.86. The van der Waals surface area contributed by atoms with Gasteiger partial charge in [0.25, 0.3) is 0 Å². The Hall–Kier alpha value is -1.42. The van der Waals surface area contributed by atoms with Crippen LogP contribution in [0.5, 0.6) is 0 Å². The van der Waals surface area contributed by atoms with Crippen LogP contribution in [0.15, 0.2) is 24.5 Å². The van der Waals surface area contributed by atoms with Crippen LogP contribution in [0, 0.1) is 0 Å². The standard InChI is InChI=1S/C6H5NO2.C6H15N/c8-6(9)5-2-1-3-7-4-5;1-5(2)7-6(3)4/h1-4H,(H,8,9);5-7H,1-4H3. The average molecular weight is 224 g/mol. The van der Waals surface area contributed by atoms with E-state index in [0.717, 1.165) is 0 Å². The Bertz CT molecular complexity index is 291. The second-order valence-electron chi connectivity index (χ2n) is 4.02. The number of hydrogen-bond donors (Lipinski definition) is 2. The van der Waals surface area contributed by atoms with E-state index in [4.69, 9.17) is 5.11 Å². The zero-order valence-electron chi connectivity index (χ0n) is 10.3. The van der Waals surface area contributed by atoms with E-state index in [1.807, 2.05) is 0 Å². The molecule has 0 bridgehead atoms. The summed E-state index contributed by atoms with van der Waals surface area (Å²) in [7, 11) is 0. The van der Waals surface area contributed by atoms with E-state index in [-0.39, 0.29) is 5.56 Å². The normalized spacial score (nSPS) is 9.88. The van der Waals surface area contributed by atoms with E-state index in [9.17, 15) is 4.79 Å². The maximum atomic E-state index is 10.2. The summed E-state index contributed by atoms with van der Waals surface area (Å²) in [5.74, 6) is -0.942. The number of pyridine rings is 1. The van der Waals surface area contributed by atoms with Crippen molar-refractivity contribution in [2.75, 3.05) is 0 Å². The molecule has 1 rings (SSSR count). The molecule has 0 spiro atoms. The fourth-order valence-electron chi connectivity index (χ4n) is 1.16. The Morgan fingerprint density at radius 3 is 2.06 bits per heavy atom. The summed E-state index contributed by atoms with van der Waals surface area (Å²) in [5.41, 5.74) is 0.220. The van der Waals surface area contributed by atoms with E-state index in [1.54, 1.807) is 6.07 Å². The molecule has 0 saturated carbocycles. The second kappa shape index (κ2) is 7.82. The molecule has 1 aromatic heterocycles. The minimum absolute atomic E-state index is 0.220. The first kappa shape index (κ1) is 14.6. The molecule has 0 unspecified atom stereocenters. The van der Waals surface area contributed by atoms with Crippen LogP contribution in [-0.4, -0.2) is 28.1 Å². The highest BCUT2D eigenvalue weighted by Crippen LogP contribution is 1.92. The van der Waals surface area contributed by atoms with Crippen LogP contribution >= 0.6 is 0 Å². The molecule has 0 amide bonds. The molecule has 0 aromatic carbocycles. The van der Waals surface area contributed by atoms with Gasteiger partial charge in [0.2, 0.25) is 0 Å². The topological polar surface area (TPSA) is 62.2 Å². The van der Waals surface area contributed by atoms with Gasteiger partial charge in [-0.1, -0.05) is 27.7 Å². The predicted octanol–water partition coefficient (Wildman–Crippen LogP) is 2.17. The molecule has 0 fully saturated rings. The molecule has 90 valence electrons. The number of nitrogens with one attached hydrogen (secondary N) is 1. The molecule has 16 heavy (non-hydrogen) atoms. The summed E-state index contributed by atoms with van der Waals surface area (Å²) in [4.78, 5) is 13.8. The lowest BCUT2D eigenvalue weighted by Crippen LogP contribution is -2.29. The van der Waals surface area contributed by atoms with Gasteiger partial charge in [0.1, 0.15) is 0 Å². The van der Waals surface area contributed by atoms with Gasteiger partial charge in [-0.05, 0) is 12.1 Å². The Labute approximate surface area is 96.7 Å². The van der Waals surface area contributed by atoms with Crippen LogP contribution < -0.4 is 5.32 Å². The van der Waals surface area contributed by atoms with E-state index < -0.39 is 5.97 Å². The molecule has 4 nitrogen and oxygen atoms in total. The zero-order valence-corrected chi connectivity index (χ0v) is 10.3. The molecular weight excluding hydrogens is 204 g/mol. The Balaban J connectivity index is 0.000000293. The summed E-state index contributed by atoms with van der Waals surface area (Å²) >= 11 is 0. The van der Waals surface area contributed by atoms with Gasteiger partial charge < -0.3 is 10.4 Å². The average Bonchev–Trinajstić information content (AvgIpc) is 2.17. The second-order valence-corrected chi connectivity index (χ2v) is 4.02. The van der Waals surface area contributed by atoms with Gasteiger partial charge in [-0.15, -0.1) is 0 Å². The molecule has 0 radical (unpaired) electrons. The van der Waals surface area contributed by atoms with E-state index in [2.05, 4.69) is 38.0 Å². The number of aromatic nitrogens is 1. The molecule has 1 heterocycles. The van der Waals surface area contributed by atoms with Crippen molar-refractivity contribution in [3.63, 3.8) is 0 Å². The lowest BCUT2D eigenvalue weighted by Gasteiger charge is -2.10. The monoisotopic (exact) mass is 224 g/mol. The Morgan fingerprint density at radius 1 is 1.31 bits per heavy atom. The van der Waals surface area contributed by atoms with Crippen LogP contribution in [0.3, 0.4) is 0 Å². The maximum absolute atomic E-state index is 10.2. The van der Waals surface area contributed by atoms with Crippen molar-refractivity contribution in [1.82, 2.24) is 10.3 Å². The van der Waals surface area contributed by atoms with Gasteiger partial charge in [-0.2, -0.15) is 0 Å². The molecule has 2 N–H and O–H groups in total. The fourth-order valence-corrected chi connectivity index (χ4v) is 1.16. The van der Waals surface area contributed by atoms with Crippen LogP contribution in [0.1, 0.15) is 38.1 Å². The molecule has 0 aliphatic heterocycles. The number of carbonyl (C=O) groups is 1. The van der Waals surface area contributed by atoms with Gasteiger partial charge in [0.05, 0.1) is 5.56 Å². The van der Waals surface area contributed by atoms with Crippen LogP contribution in [0.4, 0.5) is 0 Å². The molecule has 4 heteroatoms. The lowest BCUT2D eigenvalue weighted by atomic mass is 10.3. The SMILES string of the molecule is CC(C)NC(C)C.O=C(O)c1cccnc1. The lowest BCUT2D eigenvalue weighted by molar-refractivity contribution is 0.0696. The van der Waals surface area contributed by atoms with Gasteiger partial charge in [-0.25, -0.2) is 4.79 Å². The number of carboxylic acids is 1. The van der Waals surface area contributed by atoms with Crippen molar-refractivity contribution < 1.29 is 9.90 Å². The summed E-state index contributed by atoms with van der Waals surface area (Å²) in [6.07, 6.45) is 2.84. The predicted molar refractivity (Wildman–Crippen MR) is 64.6 cm³/mol. The van der Waals surface area contributed by atoms with Crippen molar-refractivity contribution in [3.05, 3.63) is 30.1 Å². The Kier molecular flexibility index (Phi) is 7.12. The number of aromatic carboxylic acids is 1. The highest BCUT2D eigenvalue weighted by Gasteiger charge is 1.97. The molecule has 0 aliphatic rings. The third kappa shape index (κ3) is 7.94. The van der Waals surface area contributed by atoms with E-state index in [0.29, 0.717) is 12.1 Å². The van der Waals surface area contributed by atoms with E-state index >= 15 is 0 Å². The van der Waals surface area contributed by atoms with Gasteiger partial charge >= 0.3 is 5.97 Å². The van der Waals surface area contributed by atoms with Crippen molar-refractivity contribution in [1.29, 1.82) is 0 Å². The smallest absolute Gasteiger partial charge is 0.337 e. The first-order chi connectivity index (χ1) is 7.43. The van der Waals surface area contributed by atoms with Crippen LogP contribution in [0.2, 0.25) is 0 Å². The number of hydrogen-bond acceptors (Lipinski definition) is 3. The molecule has 0 saturated heterocycles. The highest BCUT2D eigenvalue weighted by atomic mass is 16.4. The van der Waals surface area contributed by atoms with Gasteiger partial charge in [0.15, 0.2) is 0 Å². The third-order valence-corrected chi connectivity index (χ3v) is 1.58. The van der Waals surface area contributed by atoms with Crippen LogP contribution in [-0.2, 0) is 0 Å². The van der Waals surface area contributed by atoms with Gasteiger partial charge in [0, 0.05) is 24.5 Å². The summed E-state index contributed by atoms with van der Waals surface area (Å²) in [6, 6.07) is 4.33. The molecule has 0 aliphatic carbocycles. The van der Waals surface area contributed by atoms with Crippen molar-refractivity contribution >= 4 is 5.97 Å². The summed E-state index contributed by atoms with van der Waals surface area (Å²) in [5, 5.41) is 11.7. The first-order valence-electron chi connectivity index (χ1n) is 5.32. The quantitative estimate of drug-likeness (QED) is 0.826. The third-order valence-electron chi connectivity index (χ3n) is 1.58. The Morgan fingerprint density at radius 2 is 1.88 bits per heavy atom. The fraction of sp³-hybridized carbons (Fsp3) is 0.500. The molecule has 1 aromatic rings. The summed E-state index contributed by atoms with van der Waals surface area (Å²) in [6.45, 7) is 8.61. The molecule has 0 atom stereocenters. The largest absolute Gasteiger partial charge is 0.478 e. The van der Waals surface area contributed by atoms with Crippen molar-refractivity contribution in [2.24, 2.45) is 0 Å².